The molecule has 9 nitrogen and oxygen atoms in total. The van der Waals surface area contributed by atoms with Crippen molar-refractivity contribution >= 4 is 17.1 Å². The molecule has 1 aromatic carbocycles. The number of aliphatic hydroxyl groups is 1. The molecule has 0 saturated carbocycles. The van der Waals surface area contributed by atoms with Crippen LogP contribution in [-0.4, -0.2) is 43.5 Å². The SMILES string of the molecule is CCNc1nc2c(c(=O)[nH]c(=O)n2C)n1C[C@@H](O)COc1ccc(C)cc1. The molecule has 0 fully saturated rings. The fourth-order valence-corrected chi connectivity index (χ4v) is 2.80. The minimum atomic E-state index is -0.877. The third-order valence-electron chi connectivity index (χ3n) is 4.20. The largest absolute Gasteiger partial charge is 0.491 e. The van der Waals surface area contributed by atoms with Crippen LogP contribution in [0.25, 0.3) is 11.2 Å². The molecule has 144 valence electrons. The van der Waals surface area contributed by atoms with Crippen molar-refractivity contribution in [3.63, 3.8) is 0 Å². The summed E-state index contributed by atoms with van der Waals surface area (Å²) in [5.41, 5.74) is 0.515. The summed E-state index contributed by atoms with van der Waals surface area (Å²) in [6, 6.07) is 7.52. The van der Waals surface area contributed by atoms with Crippen molar-refractivity contribution in [1.82, 2.24) is 19.1 Å². The van der Waals surface area contributed by atoms with E-state index in [1.165, 1.54) is 11.6 Å². The van der Waals surface area contributed by atoms with Crippen LogP contribution in [0, 0.1) is 6.92 Å². The van der Waals surface area contributed by atoms with Crippen LogP contribution in [0.3, 0.4) is 0 Å². The average molecular weight is 373 g/mol. The van der Waals surface area contributed by atoms with Gasteiger partial charge in [-0.3, -0.25) is 14.3 Å². The first-order valence-electron chi connectivity index (χ1n) is 8.71. The normalized spacial score (nSPS) is 12.3. The molecule has 1 atom stereocenters. The first kappa shape index (κ1) is 18.7. The van der Waals surface area contributed by atoms with Crippen molar-refractivity contribution in [2.24, 2.45) is 7.05 Å². The fraction of sp³-hybridized carbons (Fsp3) is 0.389. The van der Waals surface area contributed by atoms with E-state index in [-0.39, 0.29) is 24.3 Å². The molecule has 0 amide bonds. The van der Waals surface area contributed by atoms with Crippen LogP contribution in [-0.2, 0) is 13.6 Å². The number of ether oxygens (including phenoxy) is 1. The second-order valence-corrected chi connectivity index (χ2v) is 6.34. The number of H-pyrrole nitrogens is 1. The van der Waals surface area contributed by atoms with Gasteiger partial charge in [-0.2, -0.15) is 4.98 Å². The second-order valence-electron chi connectivity index (χ2n) is 6.34. The van der Waals surface area contributed by atoms with Crippen LogP contribution >= 0.6 is 0 Å². The van der Waals surface area contributed by atoms with Crippen molar-refractivity contribution in [2.45, 2.75) is 26.5 Å². The predicted molar refractivity (Wildman–Crippen MR) is 102 cm³/mol. The van der Waals surface area contributed by atoms with Crippen LogP contribution in [0.1, 0.15) is 12.5 Å². The molecule has 3 rings (SSSR count). The summed E-state index contributed by atoms with van der Waals surface area (Å²) in [6.07, 6.45) is -0.877. The van der Waals surface area contributed by atoms with Crippen molar-refractivity contribution in [1.29, 1.82) is 0 Å². The minimum absolute atomic E-state index is 0.0535. The van der Waals surface area contributed by atoms with Crippen molar-refractivity contribution in [3.05, 3.63) is 50.7 Å². The van der Waals surface area contributed by atoms with E-state index in [1.807, 2.05) is 38.1 Å². The van der Waals surface area contributed by atoms with Crippen molar-refractivity contribution in [2.75, 3.05) is 18.5 Å². The number of aromatic nitrogens is 4. The van der Waals surface area contributed by atoms with Gasteiger partial charge in [0.1, 0.15) is 18.5 Å². The number of rotatable bonds is 7. The quantitative estimate of drug-likeness (QED) is 0.559. The predicted octanol–water partition coefficient (Wildman–Crippen LogP) is 0.603. The first-order chi connectivity index (χ1) is 12.9. The lowest BCUT2D eigenvalue weighted by Crippen LogP contribution is -2.31. The van der Waals surface area contributed by atoms with Gasteiger partial charge in [0.25, 0.3) is 5.56 Å². The van der Waals surface area contributed by atoms with Gasteiger partial charge in [-0.25, -0.2) is 4.79 Å². The first-order valence-corrected chi connectivity index (χ1v) is 8.71. The number of hydrogen-bond donors (Lipinski definition) is 3. The van der Waals surface area contributed by atoms with Gasteiger partial charge in [0, 0.05) is 13.6 Å². The molecule has 0 saturated heterocycles. The summed E-state index contributed by atoms with van der Waals surface area (Å²) in [7, 11) is 1.53. The topological polar surface area (TPSA) is 114 Å². The number of nitrogens with one attached hydrogen (secondary N) is 2. The molecule has 3 aromatic rings. The number of aryl methyl sites for hydroxylation is 2. The molecule has 3 N–H and O–H groups in total. The number of fused-ring (bicyclic) bond motifs is 1. The van der Waals surface area contributed by atoms with Gasteiger partial charge in [-0.05, 0) is 26.0 Å². The number of imidazole rings is 1. The number of hydrogen-bond acceptors (Lipinski definition) is 6. The molecular weight excluding hydrogens is 350 g/mol. The van der Waals surface area contributed by atoms with Crippen molar-refractivity contribution in [3.8, 4) is 5.75 Å². The molecular formula is C18H23N5O4. The Hall–Kier alpha value is -3.07. The molecule has 0 aliphatic heterocycles. The highest BCUT2D eigenvalue weighted by molar-refractivity contribution is 5.74. The van der Waals surface area contributed by atoms with Gasteiger partial charge < -0.3 is 19.7 Å². The van der Waals surface area contributed by atoms with Crippen LogP contribution < -0.4 is 21.3 Å². The van der Waals surface area contributed by atoms with E-state index in [9.17, 15) is 14.7 Å². The molecule has 2 aromatic heterocycles. The Kier molecular flexibility index (Phi) is 5.31. The van der Waals surface area contributed by atoms with Gasteiger partial charge in [0.15, 0.2) is 11.2 Å². The van der Waals surface area contributed by atoms with Crippen LogP contribution in [0.2, 0.25) is 0 Å². The van der Waals surface area contributed by atoms with Crippen LogP contribution in [0.5, 0.6) is 5.75 Å². The maximum atomic E-state index is 12.3. The third kappa shape index (κ3) is 3.87. The summed E-state index contributed by atoms with van der Waals surface area (Å²) in [5.74, 6) is 1.07. The molecule has 0 aliphatic rings. The number of benzene rings is 1. The van der Waals surface area contributed by atoms with Crippen LogP contribution in [0.4, 0.5) is 5.95 Å². The lowest BCUT2D eigenvalue weighted by molar-refractivity contribution is 0.0938. The Morgan fingerprint density at radius 2 is 2.00 bits per heavy atom. The monoisotopic (exact) mass is 373 g/mol. The molecule has 2 heterocycles. The van der Waals surface area contributed by atoms with Gasteiger partial charge >= 0.3 is 5.69 Å². The molecule has 9 heteroatoms. The minimum Gasteiger partial charge on any atom is -0.491 e. The zero-order valence-electron chi connectivity index (χ0n) is 15.5. The van der Waals surface area contributed by atoms with Crippen LogP contribution in [0.15, 0.2) is 33.9 Å². The standard InChI is InChI=1S/C18H23N5O4/c1-4-19-17-20-15-14(16(25)21-18(26)22(15)3)23(17)9-12(24)10-27-13-7-5-11(2)6-8-13/h5-8,12,24H,4,9-10H2,1-3H3,(H,19,20)(H,21,25,26)/t12-/m1/s1. The Labute approximate surface area is 155 Å². The molecule has 0 bridgehead atoms. The zero-order chi connectivity index (χ0) is 19.6. The molecule has 0 unspecified atom stereocenters. The lowest BCUT2D eigenvalue weighted by atomic mass is 10.2. The van der Waals surface area contributed by atoms with E-state index in [0.717, 1.165) is 5.56 Å². The summed E-state index contributed by atoms with van der Waals surface area (Å²) in [5, 5.41) is 13.5. The van der Waals surface area contributed by atoms with E-state index in [4.69, 9.17) is 4.74 Å². The Balaban J connectivity index is 1.87. The summed E-state index contributed by atoms with van der Waals surface area (Å²) in [4.78, 5) is 30.7. The maximum absolute atomic E-state index is 12.3. The van der Waals surface area contributed by atoms with Gasteiger partial charge in [-0.15, -0.1) is 0 Å². The van der Waals surface area contributed by atoms with Gasteiger partial charge in [0.2, 0.25) is 5.95 Å². The highest BCUT2D eigenvalue weighted by Crippen LogP contribution is 2.17. The molecule has 0 spiro atoms. The summed E-state index contributed by atoms with van der Waals surface area (Å²) in [6.45, 7) is 4.59. The number of aromatic amines is 1. The van der Waals surface area contributed by atoms with E-state index in [1.54, 1.807) is 4.57 Å². The van der Waals surface area contributed by atoms with Gasteiger partial charge in [0.05, 0.1) is 6.54 Å². The Morgan fingerprint density at radius 3 is 2.67 bits per heavy atom. The number of nitrogens with zero attached hydrogens (tertiary/aromatic N) is 3. The average Bonchev–Trinajstić information content (AvgIpc) is 2.98. The third-order valence-corrected chi connectivity index (χ3v) is 4.20. The highest BCUT2D eigenvalue weighted by Gasteiger charge is 2.19. The van der Waals surface area contributed by atoms with E-state index in [0.29, 0.717) is 18.2 Å². The van der Waals surface area contributed by atoms with E-state index < -0.39 is 17.4 Å². The Morgan fingerprint density at radius 1 is 1.30 bits per heavy atom. The lowest BCUT2D eigenvalue weighted by Gasteiger charge is -2.15. The summed E-state index contributed by atoms with van der Waals surface area (Å²) >= 11 is 0. The second kappa shape index (κ2) is 7.67. The van der Waals surface area contributed by atoms with E-state index >= 15 is 0 Å². The molecule has 0 radical (unpaired) electrons. The van der Waals surface area contributed by atoms with Gasteiger partial charge in [-0.1, -0.05) is 17.7 Å². The summed E-state index contributed by atoms with van der Waals surface area (Å²) < 4.78 is 8.45. The highest BCUT2D eigenvalue weighted by atomic mass is 16.5. The fourth-order valence-electron chi connectivity index (χ4n) is 2.80. The maximum Gasteiger partial charge on any atom is 0.329 e. The zero-order valence-corrected chi connectivity index (χ0v) is 15.5. The molecule has 0 aliphatic carbocycles. The Bertz CT molecular complexity index is 1050. The number of aliphatic hydroxyl groups excluding tert-OH is 1. The number of anilines is 1. The van der Waals surface area contributed by atoms with Crippen molar-refractivity contribution < 1.29 is 9.84 Å². The molecule has 27 heavy (non-hydrogen) atoms. The smallest absolute Gasteiger partial charge is 0.329 e. The van der Waals surface area contributed by atoms with E-state index in [2.05, 4.69) is 15.3 Å².